The van der Waals surface area contributed by atoms with E-state index in [1.54, 1.807) is 6.07 Å². The van der Waals surface area contributed by atoms with Crippen LogP contribution in [0.4, 0.5) is 11.4 Å². The molecule has 0 aliphatic heterocycles. The molecule has 0 amide bonds. The quantitative estimate of drug-likeness (QED) is 0.437. The van der Waals surface area contributed by atoms with Crippen LogP contribution in [0.3, 0.4) is 0 Å². The Hall–Kier alpha value is -3.35. The lowest BCUT2D eigenvalue weighted by Crippen LogP contribution is -2.24. The van der Waals surface area contributed by atoms with Gasteiger partial charge in [0.05, 0.1) is 11.4 Å². The monoisotopic (exact) mass is 322 g/mol. The predicted molar refractivity (Wildman–Crippen MR) is 95.0 cm³/mol. The number of amidine groups is 1. The first-order valence-corrected chi connectivity index (χ1v) is 7.42. The summed E-state index contributed by atoms with van der Waals surface area (Å²) >= 11 is 0. The molecule has 0 bridgehead atoms. The Bertz CT molecular complexity index is 952. The van der Waals surface area contributed by atoms with Crippen molar-refractivity contribution >= 4 is 17.2 Å². The number of aryl methyl sites for hydroxylation is 2. The highest BCUT2D eigenvalue weighted by atomic mass is 16.1. The average molecular weight is 322 g/mol. The van der Waals surface area contributed by atoms with Crippen LogP contribution < -0.4 is 16.6 Å². The number of nitrogen functional groups attached to an aromatic ring is 1. The molecule has 0 saturated heterocycles. The highest BCUT2D eigenvalue weighted by Crippen LogP contribution is 2.16. The fourth-order valence-corrected chi connectivity index (χ4v) is 2.53. The minimum atomic E-state index is -0.397. The summed E-state index contributed by atoms with van der Waals surface area (Å²) in [5.41, 5.74) is 9.38. The fourth-order valence-electron chi connectivity index (χ4n) is 2.53. The van der Waals surface area contributed by atoms with Crippen molar-refractivity contribution < 1.29 is 0 Å². The number of aromatic amines is 1. The number of anilines is 2. The van der Waals surface area contributed by atoms with Gasteiger partial charge in [-0.1, -0.05) is 0 Å². The van der Waals surface area contributed by atoms with Gasteiger partial charge in [0.15, 0.2) is 0 Å². The molecule has 2 aromatic heterocycles. The Morgan fingerprint density at radius 2 is 1.96 bits per heavy atom. The Kier molecular flexibility index (Phi) is 3.91. The third kappa shape index (κ3) is 2.91. The molecular formula is C17H18N6O. The molecule has 1 aromatic carbocycles. The van der Waals surface area contributed by atoms with Gasteiger partial charge in [0.25, 0.3) is 5.56 Å². The maximum Gasteiger partial charge on any atom is 0.261 e. The van der Waals surface area contributed by atoms with Crippen LogP contribution in [0.1, 0.15) is 17.0 Å². The minimum Gasteiger partial charge on any atom is -0.398 e. The van der Waals surface area contributed by atoms with E-state index in [1.807, 2.05) is 48.9 Å². The van der Waals surface area contributed by atoms with Gasteiger partial charge in [0.1, 0.15) is 11.4 Å². The van der Waals surface area contributed by atoms with Crippen molar-refractivity contribution in [1.82, 2.24) is 14.8 Å². The molecule has 0 unspecified atom stereocenters. The molecule has 0 aliphatic carbocycles. The molecule has 3 aromatic rings. The van der Waals surface area contributed by atoms with Gasteiger partial charge in [-0.25, -0.2) is 4.68 Å². The normalized spacial score (nSPS) is 10.6. The summed E-state index contributed by atoms with van der Waals surface area (Å²) in [7, 11) is 0. The first kappa shape index (κ1) is 15.5. The number of aromatic nitrogens is 3. The highest BCUT2D eigenvalue weighted by molar-refractivity contribution is 6.09. The van der Waals surface area contributed by atoms with Crippen LogP contribution in [0, 0.1) is 19.3 Å². The summed E-state index contributed by atoms with van der Waals surface area (Å²) in [6.07, 6.45) is 1.46. The molecule has 122 valence electrons. The molecule has 2 heterocycles. The first-order chi connectivity index (χ1) is 11.5. The summed E-state index contributed by atoms with van der Waals surface area (Å²) in [4.78, 5) is 14.3. The van der Waals surface area contributed by atoms with Crippen molar-refractivity contribution in [3.63, 3.8) is 0 Å². The van der Waals surface area contributed by atoms with Crippen LogP contribution >= 0.6 is 0 Å². The van der Waals surface area contributed by atoms with Gasteiger partial charge in [-0.05, 0) is 50.2 Å². The van der Waals surface area contributed by atoms with Crippen LogP contribution in [0.2, 0.25) is 0 Å². The average Bonchev–Trinajstić information content (AvgIpc) is 2.86. The van der Waals surface area contributed by atoms with Gasteiger partial charge in [-0.3, -0.25) is 10.2 Å². The van der Waals surface area contributed by atoms with E-state index in [1.165, 1.54) is 6.20 Å². The Balaban J connectivity index is 1.83. The largest absolute Gasteiger partial charge is 0.398 e. The van der Waals surface area contributed by atoms with E-state index in [-0.39, 0.29) is 17.1 Å². The van der Waals surface area contributed by atoms with E-state index in [0.717, 1.165) is 17.1 Å². The van der Waals surface area contributed by atoms with Crippen LogP contribution in [-0.4, -0.2) is 20.6 Å². The summed E-state index contributed by atoms with van der Waals surface area (Å²) in [5.74, 6) is -0.0479. The second kappa shape index (κ2) is 6.04. The number of nitrogens with zero attached hydrogens (tertiary/aromatic N) is 2. The number of pyridine rings is 1. The first-order valence-electron chi connectivity index (χ1n) is 7.42. The number of hydrogen-bond acceptors (Lipinski definition) is 4. The van der Waals surface area contributed by atoms with Crippen molar-refractivity contribution in [2.24, 2.45) is 0 Å². The van der Waals surface area contributed by atoms with E-state index in [9.17, 15) is 4.79 Å². The molecule has 0 saturated carbocycles. The predicted octanol–water partition coefficient (Wildman–Crippen LogP) is 2.20. The molecule has 7 nitrogen and oxygen atoms in total. The zero-order valence-electron chi connectivity index (χ0n) is 13.4. The topological polar surface area (TPSA) is 113 Å². The lowest BCUT2D eigenvalue weighted by atomic mass is 10.2. The summed E-state index contributed by atoms with van der Waals surface area (Å²) in [6.45, 7) is 3.94. The number of rotatable bonds is 3. The zero-order chi connectivity index (χ0) is 17.3. The highest BCUT2D eigenvalue weighted by Gasteiger charge is 2.11. The molecule has 0 radical (unpaired) electrons. The summed E-state index contributed by atoms with van der Waals surface area (Å²) in [6, 6.07) is 11.0. The molecule has 24 heavy (non-hydrogen) atoms. The number of benzene rings is 1. The number of H-pyrrole nitrogens is 1. The Labute approximate surface area is 138 Å². The maximum absolute atomic E-state index is 11.8. The molecule has 5 N–H and O–H groups in total. The molecule has 0 atom stereocenters. The third-order valence-electron chi connectivity index (χ3n) is 3.63. The van der Waals surface area contributed by atoms with Crippen molar-refractivity contribution in [2.45, 2.75) is 13.8 Å². The van der Waals surface area contributed by atoms with Crippen LogP contribution in [0.15, 0.2) is 47.4 Å². The lowest BCUT2D eigenvalue weighted by Gasteiger charge is -2.10. The molecule has 0 fully saturated rings. The van der Waals surface area contributed by atoms with Gasteiger partial charge < -0.3 is 16.0 Å². The van der Waals surface area contributed by atoms with E-state index < -0.39 is 5.56 Å². The van der Waals surface area contributed by atoms with Gasteiger partial charge in [-0.15, -0.1) is 0 Å². The van der Waals surface area contributed by atoms with Gasteiger partial charge >= 0.3 is 0 Å². The van der Waals surface area contributed by atoms with Gasteiger partial charge in [0.2, 0.25) is 0 Å². The van der Waals surface area contributed by atoms with Gasteiger partial charge in [-0.2, -0.15) is 5.10 Å². The maximum atomic E-state index is 11.8. The van der Waals surface area contributed by atoms with E-state index in [2.05, 4.69) is 15.4 Å². The number of hydrogen-bond donors (Lipinski definition) is 4. The van der Waals surface area contributed by atoms with Crippen LogP contribution in [0.5, 0.6) is 0 Å². The van der Waals surface area contributed by atoms with E-state index >= 15 is 0 Å². The zero-order valence-corrected chi connectivity index (χ0v) is 13.4. The number of nitrogens with two attached hydrogens (primary N) is 1. The van der Waals surface area contributed by atoms with Crippen LogP contribution in [-0.2, 0) is 0 Å². The van der Waals surface area contributed by atoms with E-state index in [0.29, 0.717) is 5.69 Å². The standard InChI is InChI=1S/C17H18N6O/c1-10-9-11(2)23(22-10)13-5-3-12(4-6-13)21-16(19)15-14(18)7-8-20-17(15)24/h3-9H,1-2H3,(H2,19,21)(H3,18,20,24). The molecule has 0 spiro atoms. The Morgan fingerprint density at radius 3 is 2.54 bits per heavy atom. The SMILES string of the molecule is Cc1cc(C)n(-c2ccc(NC(=N)c3c(N)cc[nH]c3=O)cc2)n1. The van der Waals surface area contributed by atoms with Crippen molar-refractivity contribution in [3.05, 3.63) is 69.9 Å². The van der Waals surface area contributed by atoms with Crippen LogP contribution in [0.25, 0.3) is 5.69 Å². The molecule has 3 rings (SSSR count). The minimum absolute atomic E-state index is 0.0479. The summed E-state index contributed by atoms with van der Waals surface area (Å²) < 4.78 is 1.85. The van der Waals surface area contributed by atoms with Gasteiger partial charge in [0, 0.05) is 23.3 Å². The second-order valence-electron chi connectivity index (χ2n) is 5.52. The van der Waals surface area contributed by atoms with E-state index in [4.69, 9.17) is 11.1 Å². The smallest absolute Gasteiger partial charge is 0.261 e. The summed E-state index contributed by atoms with van der Waals surface area (Å²) in [5, 5.41) is 15.4. The second-order valence-corrected chi connectivity index (χ2v) is 5.52. The Morgan fingerprint density at radius 1 is 1.25 bits per heavy atom. The van der Waals surface area contributed by atoms with Crippen molar-refractivity contribution in [2.75, 3.05) is 11.1 Å². The number of nitrogens with one attached hydrogen (secondary N) is 3. The molecule has 0 aliphatic rings. The van der Waals surface area contributed by atoms with Crippen molar-refractivity contribution in [1.29, 1.82) is 5.41 Å². The molecule has 7 heteroatoms. The fraction of sp³-hybridized carbons (Fsp3) is 0.118. The molecular weight excluding hydrogens is 304 g/mol. The van der Waals surface area contributed by atoms with Crippen molar-refractivity contribution in [3.8, 4) is 5.69 Å². The lowest BCUT2D eigenvalue weighted by molar-refractivity contribution is 0.834. The third-order valence-corrected chi connectivity index (χ3v) is 3.63.